The van der Waals surface area contributed by atoms with Gasteiger partial charge in [-0.3, -0.25) is 0 Å². The number of aliphatic hydroxyl groups is 1. The molecular formula is C17H23N3O2S. The fourth-order valence-corrected chi connectivity index (χ4v) is 3.17. The Morgan fingerprint density at radius 2 is 1.91 bits per heavy atom. The van der Waals surface area contributed by atoms with Gasteiger partial charge >= 0.3 is 6.03 Å². The molecule has 0 bridgehead atoms. The zero-order chi connectivity index (χ0) is 17.0. The average Bonchev–Trinajstić information content (AvgIpc) is 2.90. The molecule has 1 aromatic carbocycles. The number of carbonyl (C=O) groups is 1. The molecule has 1 aromatic heterocycles. The minimum Gasteiger partial charge on any atom is -0.387 e. The van der Waals surface area contributed by atoms with E-state index < -0.39 is 6.10 Å². The predicted molar refractivity (Wildman–Crippen MR) is 92.7 cm³/mol. The smallest absolute Gasteiger partial charge is 0.315 e. The molecule has 1 heterocycles. The van der Waals surface area contributed by atoms with Gasteiger partial charge < -0.3 is 15.7 Å². The number of hydrogen-bond acceptors (Lipinski definition) is 4. The Morgan fingerprint density at radius 3 is 2.48 bits per heavy atom. The minimum atomic E-state index is -0.725. The van der Waals surface area contributed by atoms with Crippen LogP contribution in [0.1, 0.15) is 45.6 Å². The largest absolute Gasteiger partial charge is 0.387 e. The van der Waals surface area contributed by atoms with Crippen molar-refractivity contribution in [2.24, 2.45) is 0 Å². The number of urea groups is 1. The zero-order valence-corrected chi connectivity index (χ0v) is 14.7. The van der Waals surface area contributed by atoms with Gasteiger partial charge in [0.2, 0.25) is 0 Å². The van der Waals surface area contributed by atoms with Gasteiger partial charge in [0.05, 0.1) is 12.1 Å². The van der Waals surface area contributed by atoms with E-state index in [0.29, 0.717) is 0 Å². The molecule has 6 heteroatoms. The van der Waals surface area contributed by atoms with E-state index >= 15 is 0 Å². The number of benzene rings is 1. The first kappa shape index (κ1) is 17.4. The van der Waals surface area contributed by atoms with Crippen molar-refractivity contribution in [3.8, 4) is 0 Å². The molecule has 0 aliphatic rings. The molecule has 23 heavy (non-hydrogen) atoms. The molecule has 0 saturated carbocycles. The summed E-state index contributed by atoms with van der Waals surface area (Å²) in [5, 5.41) is 16.6. The van der Waals surface area contributed by atoms with E-state index in [-0.39, 0.29) is 18.6 Å². The predicted octanol–water partition coefficient (Wildman–Crippen LogP) is 3.16. The number of aromatic nitrogens is 1. The van der Waals surface area contributed by atoms with Crippen LogP contribution in [0.25, 0.3) is 0 Å². The van der Waals surface area contributed by atoms with Gasteiger partial charge in [-0.25, -0.2) is 9.78 Å². The lowest BCUT2D eigenvalue weighted by atomic mass is 10.0. The van der Waals surface area contributed by atoms with Crippen LogP contribution in [0, 0.1) is 20.8 Å². The average molecular weight is 333 g/mol. The summed E-state index contributed by atoms with van der Waals surface area (Å²) in [6.07, 6.45) is 1.07. The van der Waals surface area contributed by atoms with E-state index in [0.717, 1.165) is 26.6 Å². The van der Waals surface area contributed by atoms with Crippen molar-refractivity contribution in [1.82, 2.24) is 15.6 Å². The first-order valence-electron chi connectivity index (χ1n) is 7.58. The molecule has 0 radical (unpaired) electrons. The molecule has 5 nitrogen and oxygen atoms in total. The molecule has 2 rings (SSSR count). The highest BCUT2D eigenvalue weighted by molar-refractivity contribution is 7.11. The van der Waals surface area contributed by atoms with Gasteiger partial charge in [0, 0.05) is 17.6 Å². The highest BCUT2D eigenvalue weighted by Crippen LogP contribution is 2.19. The molecular weight excluding hydrogens is 310 g/mol. The monoisotopic (exact) mass is 333 g/mol. The molecule has 0 aliphatic heterocycles. The van der Waals surface area contributed by atoms with Crippen LogP contribution in [0.3, 0.4) is 0 Å². The van der Waals surface area contributed by atoms with Crippen molar-refractivity contribution in [3.05, 3.63) is 51.0 Å². The molecule has 0 fully saturated rings. The van der Waals surface area contributed by atoms with Gasteiger partial charge in [0.15, 0.2) is 0 Å². The Balaban J connectivity index is 1.86. The molecule has 2 atom stereocenters. The van der Waals surface area contributed by atoms with E-state index in [4.69, 9.17) is 0 Å². The number of rotatable bonds is 5. The van der Waals surface area contributed by atoms with Crippen molar-refractivity contribution in [2.45, 2.75) is 39.8 Å². The first-order valence-corrected chi connectivity index (χ1v) is 8.39. The summed E-state index contributed by atoms with van der Waals surface area (Å²) in [6.45, 7) is 8.01. The third kappa shape index (κ3) is 5.04. The van der Waals surface area contributed by atoms with Gasteiger partial charge in [-0.05, 0) is 33.3 Å². The van der Waals surface area contributed by atoms with Crippen LogP contribution in [0.15, 0.2) is 24.4 Å². The molecule has 2 amide bonds. The summed E-state index contributed by atoms with van der Waals surface area (Å²) in [7, 11) is 0. The summed E-state index contributed by atoms with van der Waals surface area (Å²) >= 11 is 1.56. The van der Waals surface area contributed by atoms with E-state index in [1.165, 1.54) is 0 Å². The highest BCUT2D eigenvalue weighted by atomic mass is 32.1. The molecule has 2 aromatic rings. The van der Waals surface area contributed by atoms with E-state index in [2.05, 4.69) is 15.6 Å². The fourth-order valence-electron chi connectivity index (χ4n) is 2.39. The van der Waals surface area contributed by atoms with Crippen molar-refractivity contribution in [3.63, 3.8) is 0 Å². The van der Waals surface area contributed by atoms with Gasteiger partial charge in [0.1, 0.15) is 5.01 Å². The summed E-state index contributed by atoms with van der Waals surface area (Å²) in [5.74, 6) is 0. The molecule has 0 aliphatic carbocycles. The highest BCUT2D eigenvalue weighted by Gasteiger charge is 2.14. The Hall–Kier alpha value is -1.92. The summed E-state index contributed by atoms with van der Waals surface area (Å²) in [6, 6.07) is 5.44. The van der Waals surface area contributed by atoms with Crippen molar-refractivity contribution >= 4 is 17.4 Å². The summed E-state index contributed by atoms with van der Waals surface area (Å²) < 4.78 is 0. The van der Waals surface area contributed by atoms with Crippen LogP contribution in [0.5, 0.6) is 0 Å². The molecule has 0 spiro atoms. The van der Waals surface area contributed by atoms with Crippen molar-refractivity contribution in [1.29, 1.82) is 0 Å². The number of hydrogen-bond donors (Lipinski definition) is 3. The Morgan fingerprint density at radius 1 is 1.26 bits per heavy atom. The standard InChI is InChI=1S/C17H23N3O2S/c1-10-5-11(2)7-14(6-10)15(21)9-19-17(22)20-13(4)16-18-8-12(3)23-16/h5-8,13,15,21H,9H2,1-4H3,(H2,19,20,22)/t13-,15+/m0/s1. The quantitative estimate of drug-likeness (QED) is 0.787. The number of nitrogens with zero attached hydrogens (tertiary/aromatic N) is 1. The van der Waals surface area contributed by atoms with Gasteiger partial charge in [-0.1, -0.05) is 29.3 Å². The van der Waals surface area contributed by atoms with Crippen LogP contribution in [-0.4, -0.2) is 22.7 Å². The second-order valence-corrected chi connectivity index (χ2v) is 7.09. The maximum Gasteiger partial charge on any atom is 0.315 e. The Labute approximate surface area is 140 Å². The first-order chi connectivity index (χ1) is 10.8. The van der Waals surface area contributed by atoms with E-state index in [1.54, 1.807) is 17.5 Å². The molecule has 0 saturated heterocycles. The summed E-state index contributed by atoms with van der Waals surface area (Å²) in [4.78, 5) is 17.3. The van der Waals surface area contributed by atoms with Crippen LogP contribution in [0.2, 0.25) is 0 Å². The van der Waals surface area contributed by atoms with Gasteiger partial charge in [-0.15, -0.1) is 11.3 Å². The number of aliphatic hydroxyl groups excluding tert-OH is 1. The van der Waals surface area contributed by atoms with E-state index in [9.17, 15) is 9.90 Å². The normalized spacial score (nSPS) is 13.4. The number of aryl methyl sites for hydroxylation is 3. The van der Waals surface area contributed by atoms with Crippen molar-refractivity contribution in [2.75, 3.05) is 6.54 Å². The van der Waals surface area contributed by atoms with E-state index in [1.807, 2.05) is 45.9 Å². The van der Waals surface area contributed by atoms with Crippen LogP contribution in [0.4, 0.5) is 4.79 Å². The maximum absolute atomic E-state index is 11.9. The summed E-state index contributed by atoms with van der Waals surface area (Å²) in [5.41, 5.74) is 3.00. The second kappa shape index (κ2) is 7.57. The zero-order valence-electron chi connectivity index (χ0n) is 13.9. The third-order valence-electron chi connectivity index (χ3n) is 3.44. The maximum atomic E-state index is 11.9. The molecule has 124 valence electrons. The molecule has 3 N–H and O–H groups in total. The van der Waals surface area contributed by atoms with Crippen molar-refractivity contribution < 1.29 is 9.90 Å². The lowest BCUT2D eigenvalue weighted by Gasteiger charge is -2.16. The number of carbonyl (C=O) groups excluding carboxylic acids is 1. The fraction of sp³-hybridized carbons (Fsp3) is 0.412. The SMILES string of the molecule is Cc1cc(C)cc([C@H](O)CNC(=O)N[C@@H](C)c2ncc(C)s2)c1. The van der Waals surface area contributed by atoms with Gasteiger partial charge in [0.25, 0.3) is 0 Å². The van der Waals surface area contributed by atoms with Crippen LogP contribution < -0.4 is 10.6 Å². The van der Waals surface area contributed by atoms with Crippen LogP contribution in [-0.2, 0) is 0 Å². The minimum absolute atomic E-state index is 0.160. The molecule has 0 unspecified atom stereocenters. The lowest BCUT2D eigenvalue weighted by molar-refractivity contribution is 0.172. The third-order valence-corrected chi connectivity index (χ3v) is 4.54. The number of thiazole rings is 1. The van der Waals surface area contributed by atoms with Gasteiger partial charge in [-0.2, -0.15) is 0 Å². The number of nitrogens with one attached hydrogen (secondary N) is 2. The lowest BCUT2D eigenvalue weighted by Crippen LogP contribution is -2.39. The Bertz CT molecular complexity index is 664. The van der Waals surface area contributed by atoms with Crippen LogP contribution >= 0.6 is 11.3 Å². The second-order valence-electron chi connectivity index (χ2n) is 5.82. The number of amides is 2. The topological polar surface area (TPSA) is 74.2 Å². The Kier molecular flexibility index (Phi) is 5.74.